The molecule has 0 saturated carbocycles. The van der Waals surface area contributed by atoms with Crippen LogP contribution in [0.25, 0.3) is 0 Å². The van der Waals surface area contributed by atoms with E-state index >= 15 is 0 Å². The Balaban J connectivity index is 2.47. The van der Waals surface area contributed by atoms with Gasteiger partial charge < -0.3 is 9.64 Å². The Kier molecular flexibility index (Phi) is 4.76. The van der Waals surface area contributed by atoms with Gasteiger partial charge in [-0.05, 0) is 57.9 Å². The predicted molar refractivity (Wildman–Crippen MR) is 91.9 cm³/mol. The van der Waals surface area contributed by atoms with E-state index in [0.29, 0.717) is 18.0 Å². The summed E-state index contributed by atoms with van der Waals surface area (Å²) in [5, 5.41) is 0.566. The fraction of sp³-hybridized carbons (Fsp3) is 0.556. The number of amides is 1. The zero-order valence-corrected chi connectivity index (χ0v) is 15.2. The zero-order chi connectivity index (χ0) is 17.4. The molecule has 0 radical (unpaired) electrons. The van der Waals surface area contributed by atoms with Gasteiger partial charge in [0.25, 0.3) is 0 Å². The van der Waals surface area contributed by atoms with Gasteiger partial charge in [-0.25, -0.2) is 0 Å². The van der Waals surface area contributed by atoms with E-state index in [1.807, 2.05) is 40.7 Å². The number of carbonyl (C=O) groups is 2. The number of hydrogen-bond donors (Lipinski definition) is 0. The highest BCUT2D eigenvalue weighted by molar-refractivity contribution is 6.31. The molecular weight excluding hydrogens is 314 g/mol. The maximum Gasteiger partial charge on any atom is 0.307 e. The lowest BCUT2D eigenvalue weighted by molar-refractivity contribution is -0.157. The van der Waals surface area contributed by atoms with E-state index in [4.69, 9.17) is 16.3 Å². The first-order valence-electron chi connectivity index (χ1n) is 7.98. The Morgan fingerprint density at radius 3 is 2.48 bits per heavy atom. The second kappa shape index (κ2) is 6.16. The third-order valence-electron chi connectivity index (χ3n) is 4.21. The third-order valence-corrected chi connectivity index (χ3v) is 4.44. The van der Waals surface area contributed by atoms with Crippen molar-refractivity contribution in [3.63, 3.8) is 0 Å². The Bertz CT molecular complexity index is 636. The first kappa shape index (κ1) is 17.8. The van der Waals surface area contributed by atoms with Crippen molar-refractivity contribution in [3.05, 3.63) is 28.8 Å². The van der Waals surface area contributed by atoms with Gasteiger partial charge in [-0.1, -0.05) is 18.5 Å². The number of ether oxygens (including phenoxy) is 1. The lowest BCUT2D eigenvalue weighted by atomic mass is 9.76. The molecule has 0 aromatic heterocycles. The van der Waals surface area contributed by atoms with E-state index in [1.165, 1.54) is 0 Å². The molecule has 2 rings (SSSR count). The minimum absolute atomic E-state index is 0.0312. The third kappa shape index (κ3) is 3.23. The van der Waals surface area contributed by atoms with Crippen LogP contribution in [-0.2, 0) is 19.7 Å². The van der Waals surface area contributed by atoms with Gasteiger partial charge in [-0.3, -0.25) is 9.59 Å². The van der Waals surface area contributed by atoms with Crippen molar-refractivity contribution in [2.75, 3.05) is 11.4 Å². The van der Waals surface area contributed by atoms with E-state index in [-0.39, 0.29) is 18.3 Å². The molecule has 1 heterocycles. The SMILES string of the molecule is CCN1C(=O)C(CC)(CC(=O)OC(C)(C)C)c2cc(Cl)ccc21. The molecule has 1 atom stereocenters. The zero-order valence-electron chi connectivity index (χ0n) is 14.4. The van der Waals surface area contributed by atoms with Crippen LogP contribution in [0.1, 0.15) is 53.0 Å². The Labute approximate surface area is 142 Å². The molecule has 0 fully saturated rings. The largest absolute Gasteiger partial charge is 0.460 e. The summed E-state index contributed by atoms with van der Waals surface area (Å²) in [6.45, 7) is 9.88. The number of nitrogens with zero attached hydrogens (tertiary/aromatic N) is 1. The van der Waals surface area contributed by atoms with E-state index in [1.54, 1.807) is 17.0 Å². The highest BCUT2D eigenvalue weighted by Gasteiger charge is 2.51. The molecule has 1 aliphatic heterocycles. The normalized spacial score (nSPS) is 20.6. The lowest BCUT2D eigenvalue weighted by Crippen LogP contribution is -2.42. The van der Waals surface area contributed by atoms with Crippen LogP contribution in [0.4, 0.5) is 5.69 Å². The molecule has 1 aliphatic rings. The molecule has 1 unspecified atom stereocenters. The highest BCUT2D eigenvalue weighted by Crippen LogP contribution is 2.47. The quantitative estimate of drug-likeness (QED) is 0.777. The molecule has 1 amide bonds. The maximum atomic E-state index is 13.0. The topological polar surface area (TPSA) is 46.6 Å². The molecule has 0 N–H and O–H groups in total. The number of fused-ring (bicyclic) bond motifs is 1. The molecule has 1 aromatic carbocycles. The van der Waals surface area contributed by atoms with Gasteiger partial charge in [0.05, 0.1) is 11.8 Å². The van der Waals surface area contributed by atoms with Crippen molar-refractivity contribution in [2.45, 2.75) is 58.5 Å². The first-order chi connectivity index (χ1) is 10.6. The number of carbonyl (C=O) groups excluding carboxylic acids is 2. The monoisotopic (exact) mass is 337 g/mol. The van der Waals surface area contributed by atoms with Crippen LogP contribution in [0.3, 0.4) is 0 Å². The minimum atomic E-state index is -0.890. The number of benzene rings is 1. The summed E-state index contributed by atoms with van der Waals surface area (Å²) < 4.78 is 5.45. The second-order valence-corrected chi connectivity index (χ2v) is 7.35. The number of esters is 1. The predicted octanol–water partition coefficient (Wildman–Crippen LogP) is 4.09. The summed E-state index contributed by atoms with van der Waals surface area (Å²) in [4.78, 5) is 27.1. The molecule has 0 bridgehead atoms. The molecule has 0 aliphatic carbocycles. The fourth-order valence-corrected chi connectivity index (χ4v) is 3.36. The molecule has 4 nitrogen and oxygen atoms in total. The number of halogens is 1. The number of anilines is 1. The second-order valence-electron chi connectivity index (χ2n) is 6.91. The molecule has 126 valence electrons. The van der Waals surface area contributed by atoms with Crippen molar-refractivity contribution in [3.8, 4) is 0 Å². The van der Waals surface area contributed by atoms with Crippen molar-refractivity contribution in [1.29, 1.82) is 0 Å². The summed E-state index contributed by atoms with van der Waals surface area (Å²) in [6, 6.07) is 5.43. The first-order valence-corrected chi connectivity index (χ1v) is 8.36. The Hall–Kier alpha value is -1.55. The van der Waals surface area contributed by atoms with Crippen LogP contribution >= 0.6 is 11.6 Å². The molecule has 23 heavy (non-hydrogen) atoms. The van der Waals surface area contributed by atoms with E-state index in [0.717, 1.165) is 11.3 Å². The Morgan fingerprint density at radius 1 is 1.30 bits per heavy atom. The van der Waals surface area contributed by atoms with E-state index in [2.05, 4.69) is 0 Å². The average Bonchev–Trinajstić information content (AvgIpc) is 2.66. The highest BCUT2D eigenvalue weighted by atomic mass is 35.5. The summed E-state index contributed by atoms with van der Waals surface area (Å²) >= 11 is 6.14. The smallest absolute Gasteiger partial charge is 0.307 e. The van der Waals surface area contributed by atoms with Crippen molar-refractivity contribution in [1.82, 2.24) is 0 Å². The number of rotatable bonds is 4. The molecular formula is C18H24ClNO3. The molecule has 1 aromatic rings. The van der Waals surface area contributed by atoms with Gasteiger partial charge in [0.2, 0.25) is 5.91 Å². The summed E-state index contributed by atoms with van der Waals surface area (Å²) in [5.41, 5.74) is 0.200. The van der Waals surface area contributed by atoms with Crippen LogP contribution in [0, 0.1) is 0 Å². The van der Waals surface area contributed by atoms with Gasteiger partial charge in [-0.15, -0.1) is 0 Å². The number of hydrogen-bond acceptors (Lipinski definition) is 3. The van der Waals surface area contributed by atoms with E-state index < -0.39 is 11.0 Å². The van der Waals surface area contributed by atoms with Gasteiger partial charge in [0.1, 0.15) is 5.60 Å². The van der Waals surface area contributed by atoms with Crippen LogP contribution < -0.4 is 4.90 Å². The molecule has 0 spiro atoms. The van der Waals surface area contributed by atoms with Crippen molar-refractivity contribution in [2.24, 2.45) is 0 Å². The van der Waals surface area contributed by atoms with Crippen molar-refractivity contribution < 1.29 is 14.3 Å². The van der Waals surface area contributed by atoms with E-state index in [9.17, 15) is 9.59 Å². The van der Waals surface area contributed by atoms with Gasteiger partial charge in [0, 0.05) is 17.3 Å². The summed E-state index contributed by atoms with van der Waals surface area (Å²) in [6.07, 6.45) is 0.554. The Morgan fingerprint density at radius 2 is 1.96 bits per heavy atom. The molecule has 0 saturated heterocycles. The van der Waals surface area contributed by atoms with Gasteiger partial charge in [0.15, 0.2) is 0 Å². The molecule has 5 heteroatoms. The van der Waals surface area contributed by atoms with Gasteiger partial charge >= 0.3 is 5.97 Å². The lowest BCUT2D eigenvalue weighted by Gasteiger charge is -2.28. The summed E-state index contributed by atoms with van der Waals surface area (Å²) in [5.74, 6) is -0.415. The maximum absolute atomic E-state index is 13.0. The van der Waals surface area contributed by atoms with Gasteiger partial charge in [-0.2, -0.15) is 0 Å². The summed E-state index contributed by atoms with van der Waals surface area (Å²) in [7, 11) is 0. The average molecular weight is 338 g/mol. The minimum Gasteiger partial charge on any atom is -0.460 e. The standard InChI is InChI=1S/C18H24ClNO3/c1-6-18(11-15(21)23-17(3,4)5)13-10-12(19)8-9-14(13)20(7-2)16(18)22/h8-10H,6-7,11H2,1-5H3. The van der Waals surface area contributed by atoms with Crippen LogP contribution in [0.2, 0.25) is 5.02 Å². The number of likely N-dealkylation sites (N-methyl/N-ethyl adjacent to an activating group) is 1. The van der Waals surface area contributed by atoms with Crippen LogP contribution in [0.15, 0.2) is 18.2 Å². The van der Waals surface area contributed by atoms with Crippen LogP contribution in [0.5, 0.6) is 0 Å². The van der Waals surface area contributed by atoms with Crippen LogP contribution in [-0.4, -0.2) is 24.0 Å². The van der Waals surface area contributed by atoms with Crippen molar-refractivity contribution >= 4 is 29.2 Å². The fourth-order valence-electron chi connectivity index (χ4n) is 3.19.